The number of phenols is 1. The second-order valence-corrected chi connectivity index (χ2v) is 2.73. The van der Waals surface area contributed by atoms with Gasteiger partial charge in [0.1, 0.15) is 5.75 Å². The van der Waals surface area contributed by atoms with Crippen LogP contribution in [0.15, 0.2) is 24.3 Å². The third-order valence-corrected chi connectivity index (χ3v) is 1.79. The van der Waals surface area contributed by atoms with Crippen molar-refractivity contribution in [2.75, 3.05) is 0 Å². The Kier molecular flexibility index (Phi) is 5.97. The number of aromatic hydroxyl groups is 1. The summed E-state index contributed by atoms with van der Waals surface area (Å²) in [7, 11) is 0. The summed E-state index contributed by atoms with van der Waals surface area (Å²) in [6, 6.07) is 7.53. The van der Waals surface area contributed by atoms with Gasteiger partial charge in [-0.05, 0) is 24.5 Å². The van der Waals surface area contributed by atoms with Gasteiger partial charge in [0.15, 0.2) is 0 Å². The molecule has 0 aliphatic carbocycles. The van der Waals surface area contributed by atoms with Crippen molar-refractivity contribution in [3.63, 3.8) is 0 Å². The van der Waals surface area contributed by atoms with Crippen LogP contribution in [0.3, 0.4) is 0 Å². The van der Waals surface area contributed by atoms with Crippen LogP contribution in [-0.4, -0.2) is 24.0 Å². The topological polar surface area (TPSA) is 20.2 Å². The number of rotatable bonds is 3. The zero-order valence-electron chi connectivity index (χ0n) is 7.88. The largest absolute Gasteiger partial charge is 0.508 e. The molecular formula is C10H14LiO. The normalized spacial score (nSPS) is 9.08. The summed E-state index contributed by atoms with van der Waals surface area (Å²) in [5, 5.41) is 9.34. The third-order valence-electron chi connectivity index (χ3n) is 1.79. The van der Waals surface area contributed by atoms with Crippen LogP contribution in [0.2, 0.25) is 0 Å². The third kappa shape index (κ3) is 3.34. The Balaban J connectivity index is 0.00000121. The van der Waals surface area contributed by atoms with Crippen LogP contribution in [0.1, 0.15) is 25.3 Å². The molecule has 0 bridgehead atoms. The number of hydrogen-bond donors (Lipinski definition) is 1. The van der Waals surface area contributed by atoms with Crippen LogP contribution in [0.25, 0.3) is 0 Å². The molecule has 1 aromatic carbocycles. The monoisotopic (exact) mass is 157 g/mol. The van der Waals surface area contributed by atoms with E-state index in [4.69, 9.17) is 0 Å². The number of aryl methyl sites for hydroxylation is 1. The van der Waals surface area contributed by atoms with Gasteiger partial charge in [0.25, 0.3) is 0 Å². The molecule has 0 saturated heterocycles. The quantitative estimate of drug-likeness (QED) is 0.668. The summed E-state index contributed by atoms with van der Waals surface area (Å²) < 4.78 is 0. The van der Waals surface area contributed by atoms with Gasteiger partial charge in [0, 0.05) is 18.9 Å². The van der Waals surface area contributed by atoms with Gasteiger partial charge < -0.3 is 5.11 Å². The molecular weight excluding hydrogens is 143 g/mol. The molecule has 1 radical (unpaired) electrons. The van der Waals surface area contributed by atoms with Gasteiger partial charge in [-0.2, -0.15) is 0 Å². The standard InChI is InChI=1S/C10H14O.Li/c1-2-3-6-9-7-4-5-8-10(9)11;/h4-5,7-8,11H,2-3,6H2,1H3;. The van der Waals surface area contributed by atoms with E-state index in [0.717, 1.165) is 18.4 Å². The number of unbranched alkanes of at least 4 members (excludes halogenated alkanes) is 1. The molecule has 12 heavy (non-hydrogen) atoms. The molecule has 0 amide bonds. The first kappa shape index (κ1) is 11.6. The summed E-state index contributed by atoms with van der Waals surface area (Å²) in [5.41, 5.74) is 1.06. The fourth-order valence-corrected chi connectivity index (χ4v) is 1.09. The number of hydrogen-bond acceptors (Lipinski definition) is 1. The van der Waals surface area contributed by atoms with Crippen molar-refractivity contribution >= 4 is 18.9 Å². The van der Waals surface area contributed by atoms with Crippen LogP contribution in [0.4, 0.5) is 0 Å². The molecule has 0 aliphatic heterocycles. The van der Waals surface area contributed by atoms with Crippen LogP contribution < -0.4 is 0 Å². The van der Waals surface area contributed by atoms with E-state index in [1.165, 1.54) is 6.42 Å². The molecule has 1 rings (SSSR count). The first-order valence-corrected chi connectivity index (χ1v) is 4.11. The van der Waals surface area contributed by atoms with Gasteiger partial charge in [-0.25, -0.2) is 0 Å². The second kappa shape index (κ2) is 6.17. The number of benzene rings is 1. The smallest absolute Gasteiger partial charge is 0.118 e. The van der Waals surface area contributed by atoms with E-state index < -0.39 is 0 Å². The van der Waals surface area contributed by atoms with Crippen LogP contribution in [0.5, 0.6) is 5.75 Å². The first-order valence-electron chi connectivity index (χ1n) is 4.11. The van der Waals surface area contributed by atoms with Gasteiger partial charge in [-0.1, -0.05) is 31.5 Å². The summed E-state index contributed by atoms with van der Waals surface area (Å²) in [6.45, 7) is 2.15. The van der Waals surface area contributed by atoms with Crippen LogP contribution in [-0.2, 0) is 6.42 Å². The molecule has 61 valence electrons. The molecule has 0 saturated carbocycles. The summed E-state index contributed by atoms with van der Waals surface area (Å²) in [5.74, 6) is 0.431. The number of phenolic OH excluding ortho intramolecular Hbond substituents is 1. The Morgan fingerprint density at radius 3 is 2.50 bits per heavy atom. The van der Waals surface area contributed by atoms with Crippen molar-refractivity contribution in [3.8, 4) is 5.75 Å². The molecule has 0 spiro atoms. The minimum absolute atomic E-state index is 0. The van der Waals surface area contributed by atoms with Crippen LogP contribution >= 0.6 is 0 Å². The Morgan fingerprint density at radius 2 is 1.92 bits per heavy atom. The van der Waals surface area contributed by atoms with E-state index in [2.05, 4.69) is 6.92 Å². The predicted octanol–water partition coefficient (Wildman–Crippen LogP) is 2.35. The van der Waals surface area contributed by atoms with E-state index in [9.17, 15) is 5.11 Å². The van der Waals surface area contributed by atoms with Crippen molar-refractivity contribution in [3.05, 3.63) is 29.8 Å². The Morgan fingerprint density at radius 1 is 1.25 bits per heavy atom. The minimum atomic E-state index is 0. The number of para-hydroxylation sites is 1. The van der Waals surface area contributed by atoms with Gasteiger partial charge in [0.05, 0.1) is 0 Å². The fraction of sp³-hybridized carbons (Fsp3) is 0.400. The average Bonchev–Trinajstić information content (AvgIpc) is 2.03. The average molecular weight is 157 g/mol. The minimum Gasteiger partial charge on any atom is -0.508 e. The van der Waals surface area contributed by atoms with Gasteiger partial charge in [0.2, 0.25) is 0 Å². The van der Waals surface area contributed by atoms with Crippen molar-refractivity contribution in [2.24, 2.45) is 0 Å². The molecule has 0 aromatic heterocycles. The molecule has 1 N–H and O–H groups in total. The maximum atomic E-state index is 9.34. The van der Waals surface area contributed by atoms with Crippen molar-refractivity contribution < 1.29 is 5.11 Å². The molecule has 1 aromatic rings. The van der Waals surface area contributed by atoms with Gasteiger partial charge in [-0.3, -0.25) is 0 Å². The summed E-state index contributed by atoms with van der Waals surface area (Å²) >= 11 is 0. The van der Waals surface area contributed by atoms with E-state index in [0.29, 0.717) is 5.75 Å². The van der Waals surface area contributed by atoms with Crippen molar-refractivity contribution in [1.29, 1.82) is 0 Å². The first-order chi connectivity index (χ1) is 5.34. The molecule has 0 fully saturated rings. The van der Waals surface area contributed by atoms with Crippen molar-refractivity contribution in [1.82, 2.24) is 0 Å². The second-order valence-electron chi connectivity index (χ2n) is 2.73. The molecule has 0 heterocycles. The zero-order valence-corrected chi connectivity index (χ0v) is 7.88. The summed E-state index contributed by atoms with van der Waals surface area (Å²) in [6.07, 6.45) is 3.31. The van der Waals surface area contributed by atoms with E-state index in [1.54, 1.807) is 6.07 Å². The van der Waals surface area contributed by atoms with Crippen molar-refractivity contribution in [2.45, 2.75) is 26.2 Å². The Labute approximate surface area is 86.0 Å². The molecule has 0 unspecified atom stereocenters. The SMILES string of the molecule is CCCCc1ccccc1O.[Li]. The van der Waals surface area contributed by atoms with Crippen LogP contribution in [0, 0.1) is 0 Å². The Bertz CT molecular complexity index is 223. The predicted molar refractivity (Wildman–Crippen MR) is 52.5 cm³/mol. The molecule has 1 nitrogen and oxygen atoms in total. The zero-order chi connectivity index (χ0) is 8.10. The van der Waals surface area contributed by atoms with Gasteiger partial charge in [-0.15, -0.1) is 0 Å². The van der Waals surface area contributed by atoms with E-state index in [-0.39, 0.29) is 18.9 Å². The molecule has 0 atom stereocenters. The fourth-order valence-electron chi connectivity index (χ4n) is 1.09. The molecule has 2 heteroatoms. The Hall–Kier alpha value is -0.383. The van der Waals surface area contributed by atoms with E-state index >= 15 is 0 Å². The molecule has 0 aliphatic rings. The summed E-state index contributed by atoms with van der Waals surface area (Å²) in [4.78, 5) is 0. The van der Waals surface area contributed by atoms with Gasteiger partial charge >= 0.3 is 0 Å². The maximum Gasteiger partial charge on any atom is 0.118 e. The van der Waals surface area contributed by atoms with E-state index in [1.807, 2.05) is 18.2 Å². The maximum absolute atomic E-state index is 9.34.